The third-order valence-corrected chi connectivity index (χ3v) is 3.03. The lowest BCUT2D eigenvalue weighted by Crippen LogP contribution is -1.89. The summed E-state index contributed by atoms with van der Waals surface area (Å²) in [5.41, 5.74) is 0.503. The van der Waals surface area contributed by atoms with Gasteiger partial charge in [-0.05, 0) is 6.42 Å². The van der Waals surface area contributed by atoms with Crippen molar-refractivity contribution < 1.29 is 9.45 Å². The summed E-state index contributed by atoms with van der Waals surface area (Å²) in [6.45, 7) is 0. The second-order valence-corrected chi connectivity index (χ2v) is 4.34. The quantitative estimate of drug-likeness (QED) is 0.616. The molecular formula is C12H8N4O3. The highest BCUT2D eigenvalue weighted by Crippen LogP contribution is 2.46. The van der Waals surface area contributed by atoms with Gasteiger partial charge < -0.3 is 4.52 Å². The van der Waals surface area contributed by atoms with Crippen molar-refractivity contribution in [1.29, 1.82) is 5.26 Å². The van der Waals surface area contributed by atoms with E-state index in [1.54, 1.807) is 12.1 Å². The van der Waals surface area contributed by atoms with Gasteiger partial charge in [0.1, 0.15) is 0 Å². The summed E-state index contributed by atoms with van der Waals surface area (Å²) < 4.78 is 5.09. The van der Waals surface area contributed by atoms with Crippen LogP contribution in [0.15, 0.2) is 28.8 Å². The van der Waals surface area contributed by atoms with E-state index < -0.39 is 4.92 Å². The Labute approximate surface area is 107 Å². The fraction of sp³-hybridized carbons (Fsp3) is 0.250. The lowest BCUT2D eigenvalue weighted by atomic mass is 10.2. The maximum Gasteiger partial charge on any atom is 0.270 e. The van der Waals surface area contributed by atoms with E-state index in [2.05, 4.69) is 16.2 Å². The topological polar surface area (TPSA) is 106 Å². The van der Waals surface area contributed by atoms with Crippen LogP contribution in [-0.4, -0.2) is 15.1 Å². The SMILES string of the molecule is N#CC1CC1c1nc(-c2cccc([N+](=O)[O-])c2)no1. The summed E-state index contributed by atoms with van der Waals surface area (Å²) in [5, 5.41) is 23.2. The van der Waals surface area contributed by atoms with E-state index >= 15 is 0 Å². The fourth-order valence-electron chi connectivity index (χ4n) is 1.87. The Morgan fingerprint density at radius 1 is 1.53 bits per heavy atom. The first-order valence-electron chi connectivity index (χ1n) is 5.67. The molecule has 2 atom stereocenters. The molecule has 19 heavy (non-hydrogen) atoms. The summed E-state index contributed by atoms with van der Waals surface area (Å²) >= 11 is 0. The van der Waals surface area contributed by atoms with Crippen LogP contribution in [0.25, 0.3) is 11.4 Å². The molecule has 1 aliphatic rings. The molecule has 0 spiro atoms. The molecule has 1 heterocycles. The van der Waals surface area contributed by atoms with E-state index in [0.29, 0.717) is 17.3 Å². The first kappa shape index (κ1) is 11.3. The monoisotopic (exact) mass is 256 g/mol. The molecule has 0 amide bonds. The predicted octanol–water partition coefficient (Wildman–Crippen LogP) is 2.27. The molecule has 0 aliphatic heterocycles. The highest BCUT2D eigenvalue weighted by molar-refractivity contribution is 5.58. The van der Waals surface area contributed by atoms with Gasteiger partial charge in [0.25, 0.3) is 5.69 Å². The minimum atomic E-state index is -0.475. The van der Waals surface area contributed by atoms with E-state index in [-0.39, 0.29) is 17.5 Å². The largest absolute Gasteiger partial charge is 0.339 e. The molecule has 1 aliphatic carbocycles. The zero-order valence-electron chi connectivity index (χ0n) is 9.68. The second-order valence-electron chi connectivity index (χ2n) is 4.34. The number of non-ortho nitro benzene ring substituents is 1. The summed E-state index contributed by atoms with van der Waals surface area (Å²) in [6, 6.07) is 8.18. The molecule has 0 N–H and O–H groups in total. The van der Waals surface area contributed by atoms with Gasteiger partial charge in [0.2, 0.25) is 11.7 Å². The molecule has 1 aromatic heterocycles. The van der Waals surface area contributed by atoms with Gasteiger partial charge in [0.15, 0.2) is 0 Å². The molecule has 0 saturated heterocycles. The highest BCUT2D eigenvalue weighted by atomic mass is 16.6. The number of nitrogens with zero attached hydrogens (tertiary/aromatic N) is 4. The van der Waals surface area contributed by atoms with Crippen LogP contribution in [0.5, 0.6) is 0 Å². The van der Waals surface area contributed by atoms with Crippen molar-refractivity contribution in [1.82, 2.24) is 10.1 Å². The van der Waals surface area contributed by atoms with Crippen molar-refractivity contribution in [3.05, 3.63) is 40.3 Å². The normalized spacial score (nSPS) is 20.8. The Morgan fingerprint density at radius 3 is 3.05 bits per heavy atom. The molecular weight excluding hydrogens is 248 g/mol. The van der Waals surface area contributed by atoms with Gasteiger partial charge >= 0.3 is 0 Å². The number of hydrogen-bond acceptors (Lipinski definition) is 6. The van der Waals surface area contributed by atoms with Crippen LogP contribution in [0.4, 0.5) is 5.69 Å². The molecule has 2 aromatic rings. The van der Waals surface area contributed by atoms with Crippen LogP contribution >= 0.6 is 0 Å². The van der Waals surface area contributed by atoms with Crippen LogP contribution in [-0.2, 0) is 0 Å². The van der Waals surface area contributed by atoms with E-state index in [1.165, 1.54) is 12.1 Å². The third kappa shape index (κ3) is 2.04. The number of benzene rings is 1. The van der Waals surface area contributed by atoms with Crippen molar-refractivity contribution in [3.8, 4) is 17.5 Å². The molecule has 2 unspecified atom stereocenters. The number of hydrogen-bond donors (Lipinski definition) is 0. The van der Waals surface area contributed by atoms with Gasteiger partial charge in [0, 0.05) is 17.7 Å². The van der Waals surface area contributed by atoms with Crippen molar-refractivity contribution >= 4 is 5.69 Å². The Bertz CT molecular complexity index is 688. The van der Waals surface area contributed by atoms with Crippen molar-refractivity contribution in [2.24, 2.45) is 5.92 Å². The van der Waals surface area contributed by atoms with Gasteiger partial charge in [-0.1, -0.05) is 17.3 Å². The maximum absolute atomic E-state index is 10.7. The fourth-order valence-corrected chi connectivity index (χ4v) is 1.87. The molecule has 1 aromatic carbocycles. The van der Waals surface area contributed by atoms with E-state index in [0.717, 1.165) is 6.42 Å². The number of nitriles is 1. The molecule has 1 saturated carbocycles. The van der Waals surface area contributed by atoms with Crippen LogP contribution in [0.3, 0.4) is 0 Å². The number of rotatable bonds is 3. The van der Waals surface area contributed by atoms with Gasteiger partial charge in [-0.2, -0.15) is 10.2 Å². The Morgan fingerprint density at radius 2 is 2.37 bits per heavy atom. The second kappa shape index (κ2) is 4.17. The number of nitro groups is 1. The Balaban J connectivity index is 1.89. The average molecular weight is 256 g/mol. The third-order valence-electron chi connectivity index (χ3n) is 3.03. The first-order chi connectivity index (χ1) is 9.19. The average Bonchev–Trinajstić information content (AvgIpc) is 3.06. The maximum atomic E-state index is 10.7. The van der Waals surface area contributed by atoms with Gasteiger partial charge in [0.05, 0.1) is 22.8 Å². The molecule has 0 bridgehead atoms. The number of aromatic nitrogens is 2. The summed E-state index contributed by atoms with van der Waals surface area (Å²) in [4.78, 5) is 14.4. The summed E-state index contributed by atoms with van der Waals surface area (Å²) in [5.74, 6) is 0.679. The van der Waals surface area contributed by atoms with Crippen LogP contribution in [0, 0.1) is 27.4 Å². The minimum absolute atomic E-state index is 0.00458. The Hall–Kier alpha value is -2.75. The van der Waals surface area contributed by atoms with Crippen molar-refractivity contribution in [2.75, 3.05) is 0 Å². The van der Waals surface area contributed by atoms with E-state index in [4.69, 9.17) is 9.78 Å². The molecule has 3 rings (SSSR count). The van der Waals surface area contributed by atoms with Crippen molar-refractivity contribution in [2.45, 2.75) is 12.3 Å². The first-order valence-corrected chi connectivity index (χ1v) is 5.67. The molecule has 7 heteroatoms. The van der Waals surface area contributed by atoms with E-state index in [9.17, 15) is 10.1 Å². The van der Waals surface area contributed by atoms with Gasteiger partial charge in [-0.25, -0.2) is 0 Å². The smallest absolute Gasteiger partial charge is 0.270 e. The molecule has 1 fully saturated rings. The van der Waals surface area contributed by atoms with Gasteiger partial charge in [-0.15, -0.1) is 0 Å². The minimum Gasteiger partial charge on any atom is -0.339 e. The highest BCUT2D eigenvalue weighted by Gasteiger charge is 2.43. The number of nitro benzene ring substituents is 1. The molecule has 0 radical (unpaired) electrons. The van der Waals surface area contributed by atoms with E-state index in [1.807, 2.05) is 0 Å². The van der Waals surface area contributed by atoms with Gasteiger partial charge in [-0.3, -0.25) is 10.1 Å². The predicted molar refractivity (Wildman–Crippen MR) is 62.8 cm³/mol. The standard InChI is InChI=1S/C12H8N4O3/c13-6-8-5-10(8)12-14-11(15-19-12)7-2-1-3-9(4-7)16(17)18/h1-4,8,10H,5H2. The summed E-state index contributed by atoms with van der Waals surface area (Å²) in [7, 11) is 0. The Kier molecular flexibility index (Phi) is 2.49. The lowest BCUT2D eigenvalue weighted by molar-refractivity contribution is -0.384. The lowest BCUT2D eigenvalue weighted by Gasteiger charge is -1.94. The summed E-state index contributed by atoms with van der Waals surface area (Å²) in [6.07, 6.45) is 0.729. The molecule has 94 valence electrons. The molecule has 7 nitrogen and oxygen atoms in total. The zero-order valence-corrected chi connectivity index (χ0v) is 9.68. The van der Waals surface area contributed by atoms with Crippen molar-refractivity contribution in [3.63, 3.8) is 0 Å². The van der Waals surface area contributed by atoms with Crippen LogP contribution in [0.2, 0.25) is 0 Å². The van der Waals surface area contributed by atoms with Crippen LogP contribution < -0.4 is 0 Å². The zero-order chi connectivity index (χ0) is 13.4. The van der Waals surface area contributed by atoms with Crippen LogP contribution in [0.1, 0.15) is 18.2 Å².